The van der Waals surface area contributed by atoms with Gasteiger partial charge in [-0.25, -0.2) is 0 Å². The van der Waals surface area contributed by atoms with Crippen LogP contribution in [0.15, 0.2) is 42.5 Å². The Kier molecular flexibility index (Phi) is 10.9. The quantitative estimate of drug-likeness (QED) is 0.272. The Morgan fingerprint density at radius 2 is 1.59 bits per heavy atom. The second-order valence-electron chi connectivity index (χ2n) is 11.2. The van der Waals surface area contributed by atoms with Gasteiger partial charge in [0, 0.05) is 5.69 Å². The number of benzene rings is 2. The Bertz CT molecular complexity index is 918. The van der Waals surface area contributed by atoms with Crippen LogP contribution in [0.2, 0.25) is 0 Å². The zero-order valence-electron chi connectivity index (χ0n) is 22.3. The summed E-state index contributed by atoms with van der Waals surface area (Å²) in [5.74, 6) is 1.16. The highest BCUT2D eigenvalue weighted by atomic mass is 32.2. The number of nitrogens with one attached hydrogen (secondary N) is 1. The number of hydrogen-bond donors (Lipinski definition) is 1. The van der Waals surface area contributed by atoms with Crippen LogP contribution in [0.3, 0.4) is 0 Å². The molecule has 5 heteroatoms. The van der Waals surface area contributed by atoms with E-state index in [2.05, 4.69) is 52.3 Å². The zero-order valence-corrected chi connectivity index (χ0v) is 23.1. The first-order chi connectivity index (χ1) is 16.0. The molecule has 0 aliphatic carbocycles. The molecule has 1 unspecified atom stereocenters. The standard InChI is InChI=1S/C29H45NO3S/c1-8-9-10-11-12-13-19-32-26-18-17-24(29(6,7)22-28(3,4)5)21-27(26)33-34(31)30-25-16-14-15-23(2)20-25/h14-18,20-21,30H,8-13,19,22H2,1-7H3. The van der Waals surface area contributed by atoms with Crippen LogP contribution in [0.5, 0.6) is 11.5 Å². The molecular weight excluding hydrogens is 442 g/mol. The Morgan fingerprint density at radius 3 is 2.26 bits per heavy atom. The smallest absolute Gasteiger partial charge is 0.316 e. The van der Waals surface area contributed by atoms with Crippen molar-refractivity contribution in [2.75, 3.05) is 11.3 Å². The monoisotopic (exact) mass is 487 g/mol. The van der Waals surface area contributed by atoms with Crippen molar-refractivity contribution in [2.24, 2.45) is 5.41 Å². The SMILES string of the molecule is CCCCCCCCOc1ccc(C(C)(C)CC(C)(C)C)cc1OS(=O)Nc1cccc(C)c1. The molecule has 0 saturated heterocycles. The summed E-state index contributed by atoms with van der Waals surface area (Å²) < 4.78 is 27.8. The van der Waals surface area contributed by atoms with Crippen LogP contribution in [-0.4, -0.2) is 10.8 Å². The second kappa shape index (κ2) is 13.2. The van der Waals surface area contributed by atoms with E-state index < -0.39 is 11.3 Å². The third kappa shape index (κ3) is 10.1. The molecule has 2 rings (SSSR count). The fourth-order valence-corrected chi connectivity index (χ4v) is 5.17. The summed E-state index contributed by atoms with van der Waals surface area (Å²) in [5, 5.41) is 0. The molecule has 4 nitrogen and oxygen atoms in total. The molecule has 2 aromatic carbocycles. The minimum absolute atomic E-state index is 0.0559. The second-order valence-corrected chi connectivity index (χ2v) is 12.0. The van der Waals surface area contributed by atoms with Crippen LogP contribution < -0.4 is 13.6 Å². The predicted molar refractivity (Wildman–Crippen MR) is 146 cm³/mol. The molecule has 34 heavy (non-hydrogen) atoms. The lowest BCUT2D eigenvalue weighted by molar-refractivity contribution is 0.281. The largest absolute Gasteiger partial charge is 0.490 e. The zero-order chi connectivity index (χ0) is 25.2. The van der Waals surface area contributed by atoms with Crippen LogP contribution in [0.4, 0.5) is 5.69 Å². The lowest BCUT2D eigenvalue weighted by atomic mass is 9.72. The summed E-state index contributed by atoms with van der Waals surface area (Å²) >= 11 is -1.74. The average molecular weight is 488 g/mol. The molecule has 0 aliphatic heterocycles. The average Bonchev–Trinajstić information content (AvgIpc) is 2.72. The van der Waals surface area contributed by atoms with Gasteiger partial charge in [0.25, 0.3) is 0 Å². The van der Waals surface area contributed by atoms with Gasteiger partial charge in [-0.15, -0.1) is 0 Å². The van der Waals surface area contributed by atoms with Gasteiger partial charge in [-0.05, 0) is 66.0 Å². The van der Waals surface area contributed by atoms with E-state index in [1.54, 1.807) is 0 Å². The first kappa shape index (κ1) is 28.2. The molecule has 0 saturated carbocycles. The van der Waals surface area contributed by atoms with Crippen LogP contribution in [0.25, 0.3) is 0 Å². The van der Waals surface area contributed by atoms with Gasteiger partial charge < -0.3 is 8.92 Å². The van der Waals surface area contributed by atoms with Gasteiger partial charge in [-0.2, -0.15) is 4.21 Å². The number of aryl methyl sites for hydroxylation is 1. The van der Waals surface area contributed by atoms with E-state index in [-0.39, 0.29) is 10.8 Å². The number of hydrogen-bond acceptors (Lipinski definition) is 3. The van der Waals surface area contributed by atoms with Crippen molar-refractivity contribution in [1.29, 1.82) is 0 Å². The maximum atomic E-state index is 12.8. The Balaban J connectivity index is 2.15. The molecule has 0 spiro atoms. The summed E-state index contributed by atoms with van der Waals surface area (Å²) in [5.41, 5.74) is 3.14. The van der Waals surface area contributed by atoms with Crippen LogP contribution >= 0.6 is 0 Å². The number of unbranched alkanes of at least 4 members (excludes halogenated alkanes) is 5. The van der Waals surface area contributed by atoms with E-state index in [0.717, 1.165) is 36.1 Å². The van der Waals surface area contributed by atoms with Gasteiger partial charge in [0.05, 0.1) is 6.61 Å². The molecule has 190 valence electrons. The first-order valence-corrected chi connectivity index (χ1v) is 13.8. The van der Waals surface area contributed by atoms with Crippen molar-refractivity contribution < 1.29 is 13.1 Å². The van der Waals surface area contributed by atoms with Gasteiger partial charge in [0.1, 0.15) is 0 Å². The molecule has 0 aliphatic rings. The molecule has 0 amide bonds. The molecule has 0 radical (unpaired) electrons. The molecule has 0 fully saturated rings. The van der Waals surface area contributed by atoms with Crippen molar-refractivity contribution in [2.45, 2.75) is 98.8 Å². The molecule has 0 bridgehead atoms. The number of anilines is 1. The number of rotatable bonds is 14. The van der Waals surface area contributed by atoms with E-state index in [9.17, 15) is 4.21 Å². The van der Waals surface area contributed by atoms with E-state index in [0.29, 0.717) is 18.1 Å². The molecule has 1 atom stereocenters. The van der Waals surface area contributed by atoms with Crippen LogP contribution in [0, 0.1) is 12.3 Å². The van der Waals surface area contributed by atoms with Crippen LogP contribution in [0.1, 0.15) is 97.6 Å². The first-order valence-electron chi connectivity index (χ1n) is 12.7. The van der Waals surface area contributed by atoms with Crippen LogP contribution in [-0.2, 0) is 16.7 Å². The highest BCUT2D eigenvalue weighted by Gasteiger charge is 2.28. The summed E-state index contributed by atoms with van der Waals surface area (Å²) in [6, 6.07) is 13.8. The summed E-state index contributed by atoms with van der Waals surface area (Å²) in [7, 11) is 0. The highest BCUT2D eigenvalue weighted by molar-refractivity contribution is 7.82. The van der Waals surface area contributed by atoms with E-state index in [1.165, 1.54) is 25.7 Å². The van der Waals surface area contributed by atoms with Crippen molar-refractivity contribution in [3.63, 3.8) is 0 Å². The van der Waals surface area contributed by atoms with Gasteiger partial charge in [-0.3, -0.25) is 4.72 Å². The van der Waals surface area contributed by atoms with E-state index in [4.69, 9.17) is 8.92 Å². The molecule has 2 aromatic rings. The summed E-state index contributed by atoms with van der Waals surface area (Å²) in [4.78, 5) is 0. The third-order valence-electron chi connectivity index (χ3n) is 5.84. The van der Waals surface area contributed by atoms with Gasteiger partial charge in [0.15, 0.2) is 11.5 Å². The van der Waals surface area contributed by atoms with Gasteiger partial charge in [-0.1, -0.05) is 91.8 Å². The molecule has 1 N–H and O–H groups in total. The Morgan fingerprint density at radius 1 is 0.882 bits per heavy atom. The molecular formula is C29H45NO3S. The minimum Gasteiger partial charge on any atom is -0.490 e. The minimum atomic E-state index is -1.74. The lowest BCUT2D eigenvalue weighted by Crippen LogP contribution is -2.25. The highest BCUT2D eigenvalue weighted by Crippen LogP contribution is 2.40. The third-order valence-corrected chi connectivity index (χ3v) is 6.57. The molecule has 0 heterocycles. The van der Waals surface area contributed by atoms with Gasteiger partial charge in [0.2, 0.25) is 0 Å². The van der Waals surface area contributed by atoms with Gasteiger partial charge >= 0.3 is 11.3 Å². The lowest BCUT2D eigenvalue weighted by Gasteiger charge is -2.33. The fourth-order valence-electron chi connectivity index (χ4n) is 4.51. The topological polar surface area (TPSA) is 47.6 Å². The normalized spacial score (nSPS) is 12.9. The van der Waals surface area contributed by atoms with Crippen molar-refractivity contribution in [3.05, 3.63) is 53.6 Å². The predicted octanol–water partition coefficient (Wildman–Crippen LogP) is 8.52. The number of ether oxygens (including phenoxy) is 1. The summed E-state index contributed by atoms with van der Waals surface area (Å²) in [6.07, 6.45) is 8.25. The van der Waals surface area contributed by atoms with Crippen molar-refractivity contribution >= 4 is 17.0 Å². The maximum Gasteiger partial charge on any atom is 0.316 e. The molecule has 0 aromatic heterocycles. The fraction of sp³-hybridized carbons (Fsp3) is 0.586. The maximum absolute atomic E-state index is 12.8. The van der Waals surface area contributed by atoms with Crippen molar-refractivity contribution in [1.82, 2.24) is 0 Å². The summed E-state index contributed by atoms with van der Waals surface area (Å²) in [6.45, 7) is 16.1. The van der Waals surface area contributed by atoms with E-state index in [1.807, 2.05) is 43.3 Å². The van der Waals surface area contributed by atoms with Crippen molar-refractivity contribution in [3.8, 4) is 11.5 Å². The Labute approximate surface area is 210 Å². The Hall–Kier alpha value is -2.01. The van der Waals surface area contributed by atoms with E-state index >= 15 is 0 Å².